The van der Waals surface area contributed by atoms with Crippen LogP contribution in [0.2, 0.25) is 5.02 Å². The lowest BCUT2D eigenvalue weighted by atomic mass is 10.4. The number of thiocarbonyl (C=S) groups is 1. The number of rotatable bonds is 2. The number of halogens is 1. The van der Waals surface area contributed by atoms with E-state index in [1.165, 1.54) is 12.8 Å². The van der Waals surface area contributed by atoms with Crippen LogP contribution in [-0.4, -0.2) is 31.7 Å². The maximum absolute atomic E-state index is 5.96. The molecule has 0 radical (unpaired) electrons. The fourth-order valence-corrected chi connectivity index (χ4v) is 3.52. The van der Waals surface area contributed by atoms with Gasteiger partial charge < -0.3 is 9.30 Å². The minimum Gasteiger partial charge on any atom is -0.358 e. The van der Waals surface area contributed by atoms with Crippen LogP contribution in [0, 0.1) is 0 Å². The summed E-state index contributed by atoms with van der Waals surface area (Å²) in [6, 6.07) is 3.78. The third kappa shape index (κ3) is 3.04. The van der Waals surface area contributed by atoms with Crippen LogP contribution in [0.25, 0.3) is 5.65 Å². The molecule has 0 amide bonds. The number of thioether (sulfide) groups is 1. The summed E-state index contributed by atoms with van der Waals surface area (Å²) >= 11 is 13.1. The predicted molar refractivity (Wildman–Crippen MR) is 84.9 cm³/mol. The number of nitrogens with zero attached hydrogens (tertiary/aromatic N) is 3. The van der Waals surface area contributed by atoms with Crippen LogP contribution in [0.3, 0.4) is 0 Å². The van der Waals surface area contributed by atoms with Crippen molar-refractivity contribution in [3.63, 3.8) is 0 Å². The van der Waals surface area contributed by atoms with Gasteiger partial charge >= 0.3 is 0 Å². The smallest absolute Gasteiger partial charge is 0.137 e. The number of pyridine rings is 1. The fraction of sp³-hybridized carbons (Fsp3) is 0.385. The predicted octanol–water partition coefficient (Wildman–Crippen LogP) is 3.60. The molecule has 2 aromatic rings. The number of hydrogen-bond acceptors (Lipinski definition) is 3. The highest BCUT2D eigenvalue weighted by Crippen LogP contribution is 2.20. The molecule has 3 heterocycles. The summed E-state index contributed by atoms with van der Waals surface area (Å²) in [5.74, 6) is 0.814. The summed E-state index contributed by atoms with van der Waals surface area (Å²) in [5.41, 5.74) is 1.96. The second-order valence-corrected chi connectivity index (χ2v) is 6.64. The van der Waals surface area contributed by atoms with E-state index in [0.717, 1.165) is 39.5 Å². The van der Waals surface area contributed by atoms with Crippen molar-refractivity contribution in [1.29, 1.82) is 0 Å². The summed E-state index contributed by atoms with van der Waals surface area (Å²) < 4.78 is 2.95. The summed E-state index contributed by atoms with van der Waals surface area (Å²) in [6.45, 7) is 2.21. The Morgan fingerprint density at radius 2 is 2.11 bits per heavy atom. The molecule has 2 aromatic heterocycles. The molecule has 0 aliphatic carbocycles. The van der Waals surface area contributed by atoms with E-state index in [1.54, 1.807) is 11.8 Å². The molecule has 0 spiro atoms. The zero-order valence-corrected chi connectivity index (χ0v) is 12.8. The molecule has 100 valence electrons. The normalized spacial score (nSPS) is 15.3. The quantitative estimate of drug-likeness (QED) is 0.789. The van der Waals surface area contributed by atoms with E-state index in [0.29, 0.717) is 0 Å². The number of imidazole rings is 1. The van der Waals surface area contributed by atoms with Gasteiger partial charge in [0.2, 0.25) is 0 Å². The average Bonchev–Trinajstić information content (AvgIpc) is 3.04. The lowest BCUT2D eigenvalue weighted by Gasteiger charge is -2.16. The van der Waals surface area contributed by atoms with E-state index >= 15 is 0 Å². The first kappa shape index (κ1) is 13.2. The van der Waals surface area contributed by atoms with Crippen LogP contribution in [-0.2, 0) is 5.75 Å². The molecule has 3 nitrogen and oxygen atoms in total. The van der Waals surface area contributed by atoms with E-state index in [1.807, 2.05) is 28.9 Å². The Bertz CT molecular complexity index is 605. The average molecular weight is 312 g/mol. The molecule has 0 aromatic carbocycles. The van der Waals surface area contributed by atoms with Gasteiger partial charge in [-0.1, -0.05) is 35.6 Å². The van der Waals surface area contributed by atoms with Gasteiger partial charge in [0.25, 0.3) is 0 Å². The molecular weight excluding hydrogens is 298 g/mol. The van der Waals surface area contributed by atoms with Crippen LogP contribution in [0.15, 0.2) is 24.5 Å². The first-order valence-corrected chi connectivity index (χ1v) is 8.04. The van der Waals surface area contributed by atoms with Crippen LogP contribution < -0.4 is 0 Å². The minimum atomic E-state index is 0.719. The first-order chi connectivity index (χ1) is 9.22. The van der Waals surface area contributed by atoms with Crippen molar-refractivity contribution in [2.45, 2.75) is 18.6 Å². The molecular formula is C13H14ClN3S2. The number of fused-ring (bicyclic) bond motifs is 1. The van der Waals surface area contributed by atoms with E-state index < -0.39 is 0 Å². The Morgan fingerprint density at radius 3 is 2.89 bits per heavy atom. The summed E-state index contributed by atoms with van der Waals surface area (Å²) in [6.07, 6.45) is 6.40. The molecule has 1 aliphatic rings. The largest absolute Gasteiger partial charge is 0.358 e. The van der Waals surface area contributed by atoms with Crippen molar-refractivity contribution >= 4 is 45.5 Å². The molecule has 1 aliphatic heterocycles. The molecule has 19 heavy (non-hydrogen) atoms. The van der Waals surface area contributed by atoms with E-state index in [2.05, 4.69) is 9.88 Å². The van der Waals surface area contributed by atoms with Gasteiger partial charge in [-0.15, -0.1) is 0 Å². The van der Waals surface area contributed by atoms with Gasteiger partial charge in [0, 0.05) is 31.2 Å². The summed E-state index contributed by atoms with van der Waals surface area (Å²) in [7, 11) is 0. The SMILES string of the molecule is S=C(SCc1cn2cc(Cl)ccc2n1)N1CCCC1. The Kier molecular flexibility index (Phi) is 3.96. The van der Waals surface area contributed by atoms with Gasteiger partial charge in [-0.25, -0.2) is 4.98 Å². The van der Waals surface area contributed by atoms with E-state index in [4.69, 9.17) is 23.8 Å². The van der Waals surface area contributed by atoms with Gasteiger partial charge in [-0.05, 0) is 25.0 Å². The number of aromatic nitrogens is 2. The van der Waals surface area contributed by atoms with Crippen molar-refractivity contribution in [1.82, 2.24) is 14.3 Å². The van der Waals surface area contributed by atoms with Gasteiger partial charge in [0.15, 0.2) is 0 Å². The third-order valence-corrected chi connectivity index (χ3v) is 4.95. The van der Waals surface area contributed by atoms with Crippen LogP contribution in [0.5, 0.6) is 0 Å². The number of likely N-dealkylation sites (tertiary alicyclic amines) is 1. The Labute approximate surface area is 126 Å². The minimum absolute atomic E-state index is 0.719. The Hall–Kier alpha value is -0.780. The highest BCUT2D eigenvalue weighted by Gasteiger charge is 2.15. The van der Waals surface area contributed by atoms with Gasteiger partial charge in [0.1, 0.15) is 9.97 Å². The van der Waals surface area contributed by atoms with Crippen LogP contribution in [0.4, 0.5) is 0 Å². The molecule has 1 fully saturated rings. The third-order valence-electron chi connectivity index (χ3n) is 3.17. The van der Waals surface area contributed by atoms with Crippen molar-refractivity contribution < 1.29 is 0 Å². The van der Waals surface area contributed by atoms with E-state index in [-0.39, 0.29) is 0 Å². The zero-order chi connectivity index (χ0) is 13.2. The van der Waals surface area contributed by atoms with Gasteiger partial charge in [0.05, 0.1) is 10.7 Å². The van der Waals surface area contributed by atoms with Crippen molar-refractivity contribution in [2.75, 3.05) is 13.1 Å². The highest BCUT2D eigenvalue weighted by molar-refractivity contribution is 8.22. The summed E-state index contributed by atoms with van der Waals surface area (Å²) in [5, 5.41) is 0.719. The molecule has 1 saturated heterocycles. The van der Waals surface area contributed by atoms with Crippen molar-refractivity contribution in [3.05, 3.63) is 35.2 Å². The lowest BCUT2D eigenvalue weighted by molar-refractivity contribution is 0.539. The molecule has 0 unspecified atom stereocenters. The molecule has 3 rings (SSSR count). The summed E-state index contributed by atoms with van der Waals surface area (Å²) in [4.78, 5) is 6.84. The maximum Gasteiger partial charge on any atom is 0.137 e. The van der Waals surface area contributed by atoms with Crippen molar-refractivity contribution in [2.24, 2.45) is 0 Å². The number of hydrogen-bond donors (Lipinski definition) is 0. The molecule has 0 atom stereocenters. The Balaban J connectivity index is 1.66. The second-order valence-electron chi connectivity index (χ2n) is 4.59. The molecule has 0 N–H and O–H groups in total. The standard InChI is InChI=1S/C13H14ClN3S2/c14-10-3-4-12-15-11(8-17(12)7-10)9-19-13(18)16-5-1-2-6-16/h3-4,7-8H,1-2,5-6,9H2. The van der Waals surface area contributed by atoms with E-state index in [9.17, 15) is 0 Å². The Morgan fingerprint density at radius 1 is 1.32 bits per heavy atom. The zero-order valence-electron chi connectivity index (χ0n) is 10.4. The van der Waals surface area contributed by atoms with Crippen molar-refractivity contribution in [3.8, 4) is 0 Å². The van der Waals surface area contributed by atoms with Gasteiger partial charge in [-0.3, -0.25) is 0 Å². The second kappa shape index (κ2) is 5.69. The molecule has 6 heteroatoms. The lowest BCUT2D eigenvalue weighted by Crippen LogP contribution is -2.23. The van der Waals surface area contributed by atoms with Crippen LogP contribution >= 0.6 is 35.6 Å². The topological polar surface area (TPSA) is 20.5 Å². The van der Waals surface area contributed by atoms with Gasteiger partial charge in [-0.2, -0.15) is 0 Å². The first-order valence-electron chi connectivity index (χ1n) is 6.27. The fourth-order valence-electron chi connectivity index (χ4n) is 2.21. The molecule has 0 bridgehead atoms. The highest BCUT2D eigenvalue weighted by atomic mass is 35.5. The maximum atomic E-state index is 5.96. The van der Waals surface area contributed by atoms with Crippen LogP contribution in [0.1, 0.15) is 18.5 Å². The monoisotopic (exact) mass is 311 g/mol. The molecule has 0 saturated carbocycles.